The molecule has 0 spiro atoms. The van der Waals surface area contributed by atoms with Gasteiger partial charge in [-0.15, -0.1) is 12.4 Å². The van der Waals surface area contributed by atoms with Crippen LogP contribution in [0.15, 0.2) is 66.7 Å². The molecule has 0 saturated carbocycles. The van der Waals surface area contributed by atoms with Gasteiger partial charge in [0.1, 0.15) is 18.2 Å². The number of rotatable bonds is 10. The Morgan fingerprint density at radius 3 is 2.23 bits per heavy atom. The Balaban J connectivity index is 0.00000320. The third-order valence-corrected chi connectivity index (χ3v) is 4.66. The molecule has 160 valence electrons. The number of benzene rings is 3. The lowest BCUT2D eigenvalue weighted by atomic mass is 10.1. The van der Waals surface area contributed by atoms with Crippen LogP contribution in [0.3, 0.4) is 0 Å². The molecule has 0 heterocycles. The summed E-state index contributed by atoms with van der Waals surface area (Å²) in [6, 6.07) is 20.4. The van der Waals surface area contributed by atoms with E-state index < -0.39 is 0 Å². The number of nitrogens with one attached hydrogen (secondary N) is 1. The minimum absolute atomic E-state index is 0. The molecule has 3 aromatic carbocycles. The molecule has 0 aliphatic heterocycles. The van der Waals surface area contributed by atoms with Crippen molar-refractivity contribution in [1.29, 1.82) is 0 Å². The first-order chi connectivity index (χ1) is 14.2. The number of para-hydroxylation sites is 1. The van der Waals surface area contributed by atoms with E-state index in [-0.39, 0.29) is 24.8 Å². The second kappa shape index (κ2) is 12.1. The van der Waals surface area contributed by atoms with E-state index in [1.54, 1.807) is 32.4 Å². The van der Waals surface area contributed by atoms with Crippen molar-refractivity contribution in [1.82, 2.24) is 5.32 Å². The number of ether oxygens (including phenoxy) is 3. The van der Waals surface area contributed by atoms with Crippen LogP contribution < -0.4 is 19.5 Å². The standard InChI is InChI=1S/C24H26FNO3.ClH/c1-27-22-10-6-4-7-19(22)13-14-26-16-18-11-12-23(24(15-18)28-2)29-17-20-8-3-5-9-21(20)25;/h3-12,15,26H,13-14,16-17H2,1-2H3;1H. The van der Waals surface area contributed by atoms with E-state index in [0.29, 0.717) is 23.6 Å². The SMILES string of the molecule is COc1ccccc1CCNCc1ccc(OCc2ccccc2F)c(OC)c1.Cl. The van der Waals surface area contributed by atoms with Crippen LogP contribution in [0.1, 0.15) is 16.7 Å². The van der Waals surface area contributed by atoms with Gasteiger partial charge in [-0.05, 0) is 48.4 Å². The molecule has 0 unspecified atom stereocenters. The zero-order valence-corrected chi connectivity index (χ0v) is 18.0. The van der Waals surface area contributed by atoms with Crippen molar-refractivity contribution in [3.05, 3.63) is 89.2 Å². The van der Waals surface area contributed by atoms with Gasteiger partial charge in [-0.2, -0.15) is 0 Å². The van der Waals surface area contributed by atoms with Crippen molar-refractivity contribution in [2.24, 2.45) is 0 Å². The quantitative estimate of drug-likeness (QED) is 0.449. The second-order valence-corrected chi connectivity index (χ2v) is 6.60. The van der Waals surface area contributed by atoms with Crippen LogP contribution in [0, 0.1) is 5.82 Å². The summed E-state index contributed by atoms with van der Waals surface area (Å²) in [7, 11) is 3.29. The maximum Gasteiger partial charge on any atom is 0.161 e. The van der Waals surface area contributed by atoms with Crippen LogP contribution in [0.4, 0.5) is 4.39 Å². The molecule has 3 rings (SSSR count). The summed E-state index contributed by atoms with van der Waals surface area (Å²) >= 11 is 0. The topological polar surface area (TPSA) is 39.7 Å². The highest BCUT2D eigenvalue weighted by Gasteiger charge is 2.08. The molecule has 0 atom stereocenters. The molecule has 1 N–H and O–H groups in total. The summed E-state index contributed by atoms with van der Waals surface area (Å²) in [5, 5.41) is 3.44. The summed E-state index contributed by atoms with van der Waals surface area (Å²) < 4.78 is 30.3. The normalized spacial score (nSPS) is 10.2. The third kappa shape index (κ3) is 6.37. The molecule has 0 aliphatic carbocycles. The largest absolute Gasteiger partial charge is 0.496 e. The Bertz CT molecular complexity index is 936. The molecule has 0 aromatic heterocycles. The fourth-order valence-electron chi connectivity index (χ4n) is 3.08. The Kier molecular flexibility index (Phi) is 9.45. The van der Waals surface area contributed by atoms with E-state index in [4.69, 9.17) is 14.2 Å². The van der Waals surface area contributed by atoms with Crippen LogP contribution in [-0.4, -0.2) is 20.8 Å². The van der Waals surface area contributed by atoms with Gasteiger partial charge in [-0.3, -0.25) is 0 Å². The lowest BCUT2D eigenvalue weighted by molar-refractivity contribution is 0.279. The summed E-state index contributed by atoms with van der Waals surface area (Å²) in [6.45, 7) is 1.69. The molecule has 30 heavy (non-hydrogen) atoms. The van der Waals surface area contributed by atoms with Gasteiger partial charge in [0.05, 0.1) is 14.2 Å². The highest BCUT2D eigenvalue weighted by molar-refractivity contribution is 5.85. The number of halogens is 2. The van der Waals surface area contributed by atoms with Crippen LogP contribution in [0.25, 0.3) is 0 Å². The smallest absolute Gasteiger partial charge is 0.161 e. The van der Waals surface area contributed by atoms with Crippen molar-refractivity contribution >= 4 is 12.4 Å². The van der Waals surface area contributed by atoms with E-state index in [1.807, 2.05) is 36.4 Å². The summed E-state index contributed by atoms with van der Waals surface area (Å²) in [5.74, 6) is 1.86. The van der Waals surface area contributed by atoms with Crippen LogP contribution >= 0.6 is 12.4 Å². The zero-order chi connectivity index (χ0) is 20.5. The molecule has 0 bridgehead atoms. The van der Waals surface area contributed by atoms with Crippen molar-refractivity contribution in [2.45, 2.75) is 19.6 Å². The monoisotopic (exact) mass is 431 g/mol. The molecule has 0 fully saturated rings. The van der Waals surface area contributed by atoms with Gasteiger partial charge in [0.2, 0.25) is 0 Å². The average molecular weight is 432 g/mol. The maximum atomic E-state index is 13.8. The van der Waals surface area contributed by atoms with Crippen molar-refractivity contribution in [3.63, 3.8) is 0 Å². The van der Waals surface area contributed by atoms with E-state index in [1.165, 1.54) is 11.6 Å². The molecule has 4 nitrogen and oxygen atoms in total. The summed E-state index contributed by atoms with van der Waals surface area (Å²) in [4.78, 5) is 0. The van der Waals surface area contributed by atoms with E-state index >= 15 is 0 Å². The molecular formula is C24H27ClFNO3. The summed E-state index contributed by atoms with van der Waals surface area (Å²) in [6.07, 6.45) is 0.880. The van der Waals surface area contributed by atoms with E-state index in [9.17, 15) is 4.39 Å². The maximum absolute atomic E-state index is 13.8. The molecule has 6 heteroatoms. The second-order valence-electron chi connectivity index (χ2n) is 6.60. The van der Waals surface area contributed by atoms with Crippen molar-refractivity contribution in [3.8, 4) is 17.2 Å². The average Bonchev–Trinajstić information content (AvgIpc) is 2.76. The molecule has 0 aliphatic rings. The Labute approximate surface area is 183 Å². The predicted molar refractivity (Wildman–Crippen MR) is 119 cm³/mol. The number of methoxy groups -OCH3 is 2. The van der Waals surface area contributed by atoms with Gasteiger partial charge in [0.15, 0.2) is 11.5 Å². The van der Waals surface area contributed by atoms with Crippen LogP contribution in [0.5, 0.6) is 17.2 Å². The highest BCUT2D eigenvalue weighted by Crippen LogP contribution is 2.29. The Morgan fingerprint density at radius 1 is 0.800 bits per heavy atom. The van der Waals surface area contributed by atoms with Gasteiger partial charge >= 0.3 is 0 Å². The summed E-state index contributed by atoms with van der Waals surface area (Å²) in [5.41, 5.74) is 2.77. The first kappa shape index (κ1) is 23.5. The lowest BCUT2D eigenvalue weighted by Gasteiger charge is -2.13. The Morgan fingerprint density at radius 2 is 1.50 bits per heavy atom. The minimum Gasteiger partial charge on any atom is -0.496 e. The van der Waals surface area contributed by atoms with Gasteiger partial charge in [0.25, 0.3) is 0 Å². The van der Waals surface area contributed by atoms with Crippen LogP contribution in [-0.2, 0) is 19.6 Å². The van der Waals surface area contributed by atoms with Crippen molar-refractivity contribution in [2.75, 3.05) is 20.8 Å². The molecule has 0 amide bonds. The predicted octanol–water partition coefficient (Wildman–Crippen LogP) is 5.18. The molecule has 3 aromatic rings. The van der Waals surface area contributed by atoms with Gasteiger partial charge < -0.3 is 19.5 Å². The van der Waals surface area contributed by atoms with Crippen LogP contribution in [0.2, 0.25) is 0 Å². The lowest BCUT2D eigenvalue weighted by Crippen LogP contribution is -2.17. The van der Waals surface area contributed by atoms with Gasteiger partial charge in [-0.1, -0.05) is 42.5 Å². The molecule has 0 saturated heterocycles. The highest BCUT2D eigenvalue weighted by atomic mass is 35.5. The number of hydrogen-bond acceptors (Lipinski definition) is 4. The Hall–Kier alpha value is -2.76. The zero-order valence-electron chi connectivity index (χ0n) is 17.2. The first-order valence-corrected chi connectivity index (χ1v) is 9.57. The minimum atomic E-state index is -0.276. The first-order valence-electron chi connectivity index (χ1n) is 9.57. The van der Waals surface area contributed by atoms with Crippen molar-refractivity contribution < 1.29 is 18.6 Å². The number of hydrogen-bond donors (Lipinski definition) is 1. The van der Waals surface area contributed by atoms with E-state index in [2.05, 4.69) is 11.4 Å². The molecule has 0 radical (unpaired) electrons. The fourth-order valence-corrected chi connectivity index (χ4v) is 3.08. The van der Waals surface area contributed by atoms with E-state index in [0.717, 1.165) is 24.3 Å². The third-order valence-electron chi connectivity index (χ3n) is 4.66. The molecular weight excluding hydrogens is 405 g/mol. The van der Waals surface area contributed by atoms with Gasteiger partial charge in [0, 0.05) is 12.1 Å². The fraction of sp³-hybridized carbons (Fsp3) is 0.250. The van der Waals surface area contributed by atoms with Gasteiger partial charge in [-0.25, -0.2) is 4.39 Å².